The van der Waals surface area contributed by atoms with Gasteiger partial charge in [-0.3, -0.25) is 4.90 Å². The molecule has 2 aromatic heterocycles. The summed E-state index contributed by atoms with van der Waals surface area (Å²) in [7, 11) is 0. The Hall–Kier alpha value is -2.81. The van der Waals surface area contributed by atoms with E-state index in [0.29, 0.717) is 24.2 Å². The highest BCUT2D eigenvalue weighted by Crippen LogP contribution is 2.47. The Morgan fingerprint density at radius 1 is 1.15 bits per heavy atom. The molecule has 1 aliphatic carbocycles. The second-order valence-electron chi connectivity index (χ2n) is 9.54. The van der Waals surface area contributed by atoms with Gasteiger partial charge in [0.2, 0.25) is 5.95 Å². The van der Waals surface area contributed by atoms with Crippen LogP contribution < -0.4 is 4.90 Å². The van der Waals surface area contributed by atoms with Crippen LogP contribution in [0, 0.1) is 18.3 Å². The van der Waals surface area contributed by atoms with Crippen molar-refractivity contribution in [2.75, 3.05) is 50.8 Å². The molecular weight excluding hydrogens is 423 g/mol. The van der Waals surface area contributed by atoms with E-state index in [1.165, 1.54) is 12.5 Å². The number of anilines is 1. The topological polar surface area (TPSA) is 74.7 Å². The van der Waals surface area contributed by atoms with Gasteiger partial charge in [-0.15, -0.1) is 0 Å². The number of rotatable bonds is 4. The highest BCUT2D eigenvalue weighted by molar-refractivity contribution is 5.73. The van der Waals surface area contributed by atoms with Crippen molar-refractivity contribution < 1.29 is 13.9 Å². The van der Waals surface area contributed by atoms with Gasteiger partial charge in [-0.25, -0.2) is 9.78 Å². The van der Waals surface area contributed by atoms with Crippen LogP contribution in [0.1, 0.15) is 31.9 Å². The summed E-state index contributed by atoms with van der Waals surface area (Å²) in [5.74, 6) is 0.157. The number of carbonyl (C=O) groups is 1. The van der Waals surface area contributed by atoms with Gasteiger partial charge in [0.25, 0.3) is 0 Å². The molecule has 1 amide bonds. The van der Waals surface area contributed by atoms with Crippen molar-refractivity contribution in [3.63, 3.8) is 0 Å². The van der Waals surface area contributed by atoms with Crippen LogP contribution in [0.2, 0.25) is 0 Å². The van der Waals surface area contributed by atoms with Crippen molar-refractivity contribution in [3.8, 4) is 11.3 Å². The fourth-order valence-corrected chi connectivity index (χ4v) is 5.59. The molecule has 2 aromatic rings. The summed E-state index contributed by atoms with van der Waals surface area (Å²) in [6.45, 7) is 9.21. The van der Waals surface area contributed by atoms with Crippen LogP contribution in [0.5, 0.6) is 0 Å². The number of carbonyl (C=O) groups excluding carboxylic acids is 1. The van der Waals surface area contributed by atoms with Crippen LogP contribution in [0.4, 0.5) is 15.0 Å². The van der Waals surface area contributed by atoms with Crippen molar-refractivity contribution in [2.45, 2.75) is 39.2 Å². The molecule has 176 valence electrons. The van der Waals surface area contributed by atoms with E-state index in [4.69, 9.17) is 4.74 Å². The van der Waals surface area contributed by atoms with Crippen molar-refractivity contribution in [1.82, 2.24) is 25.0 Å². The average molecular weight is 455 g/mol. The van der Waals surface area contributed by atoms with E-state index >= 15 is 0 Å². The van der Waals surface area contributed by atoms with Gasteiger partial charge < -0.3 is 14.5 Å². The van der Waals surface area contributed by atoms with E-state index < -0.39 is 5.95 Å². The molecule has 1 atom stereocenters. The molecule has 0 radical (unpaired) electrons. The van der Waals surface area contributed by atoms with Crippen LogP contribution in [0.3, 0.4) is 0 Å². The lowest BCUT2D eigenvalue weighted by Gasteiger charge is -2.48. The number of pyridine rings is 1. The lowest BCUT2D eigenvalue weighted by Crippen LogP contribution is -2.58. The molecule has 8 nitrogen and oxygen atoms in total. The third-order valence-electron chi connectivity index (χ3n) is 7.30. The number of hydrogen-bond acceptors (Lipinski definition) is 7. The van der Waals surface area contributed by atoms with Crippen LogP contribution in [0.25, 0.3) is 11.3 Å². The second kappa shape index (κ2) is 8.85. The number of piperazine rings is 1. The number of likely N-dealkylation sites (tertiary alicyclic amines) is 1. The summed E-state index contributed by atoms with van der Waals surface area (Å²) in [6, 6.07) is 7.49. The molecule has 1 saturated carbocycles. The predicted molar refractivity (Wildman–Crippen MR) is 122 cm³/mol. The second-order valence-corrected chi connectivity index (χ2v) is 9.54. The molecule has 2 aliphatic heterocycles. The molecule has 9 heteroatoms. The quantitative estimate of drug-likeness (QED) is 0.657. The molecule has 0 aromatic carbocycles. The minimum Gasteiger partial charge on any atom is -0.450 e. The SMILES string of the molecule is CCOC(=O)N1CC2(CC[C@@H](N3CCN(c4nc(F)ccc4-c4ccc(C)nn4)CC3)C2)C1. The third kappa shape index (κ3) is 4.38. The lowest BCUT2D eigenvalue weighted by molar-refractivity contribution is -0.00294. The van der Waals surface area contributed by atoms with Crippen LogP contribution in [-0.2, 0) is 4.74 Å². The summed E-state index contributed by atoms with van der Waals surface area (Å²) in [6.07, 6.45) is 3.27. The number of nitrogens with zero attached hydrogens (tertiary/aromatic N) is 6. The van der Waals surface area contributed by atoms with Crippen molar-refractivity contribution in [3.05, 3.63) is 35.9 Å². The van der Waals surface area contributed by atoms with E-state index in [1.807, 2.05) is 30.9 Å². The Morgan fingerprint density at radius 3 is 2.64 bits per heavy atom. The highest BCUT2D eigenvalue weighted by Gasteiger charge is 2.51. The van der Waals surface area contributed by atoms with Gasteiger partial charge in [0, 0.05) is 56.3 Å². The number of ether oxygens (including phenoxy) is 1. The first-order chi connectivity index (χ1) is 16.0. The Labute approximate surface area is 193 Å². The first kappa shape index (κ1) is 22.0. The summed E-state index contributed by atoms with van der Waals surface area (Å²) in [5, 5.41) is 8.44. The van der Waals surface area contributed by atoms with Gasteiger partial charge in [0.05, 0.1) is 18.0 Å². The largest absolute Gasteiger partial charge is 0.450 e. The summed E-state index contributed by atoms with van der Waals surface area (Å²) in [5.41, 5.74) is 2.62. The maximum atomic E-state index is 14.1. The van der Waals surface area contributed by atoms with Crippen LogP contribution in [-0.4, -0.2) is 83.0 Å². The molecular formula is C24H31FN6O2. The van der Waals surface area contributed by atoms with Crippen molar-refractivity contribution in [1.29, 1.82) is 0 Å². The van der Waals surface area contributed by atoms with E-state index in [2.05, 4.69) is 25.0 Å². The highest BCUT2D eigenvalue weighted by atomic mass is 19.1. The Bertz CT molecular complexity index is 1000. The Balaban J connectivity index is 1.21. The monoisotopic (exact) mass is 454 g/mol. The normalized spacial score (nSPS) is 22.5. The maximum Gasteiger partial charge on any atom is 0.409 e. The number of hydrogen-bond donors (Lipinski definition) is 0. The van der Waals surface area contributed by atoms with Gasteiger partial charge in [-0.05, 0) is 57.4 Å². The first-order valence-corrected chi connectivity index (χ1v) is 11.8. The van der Waals surface area contributed by atoms with Gasteiger partial charge in [0.15, 0.2) is 0 Å². The van der Waals surface area contributed by atoms with Crippen molar-refractivity contribution in [2.24, 2.45) is 5.41 Å². The van der Waals surface area contributed by atoms with E-state index in [1.54, 1.807) is 6.07 Å². The van der Waals surface area contributed by atoms with E-state index in [0.717, 1.165) is 63.4 Å². The zero-order valence-corrected chi connectivity index (χ0v) is 19.3. The number of halogens is 1. The van der Waals surface area contributed by atoms with E-state index in [9.17, 15) is 9.18 Å². The number of amides is 1. The molecule has 2 saturated heterocycles. The molecule has 3 aliphatic rings. The number of aryl methyl sites for hydroxylation is 1. The molecule has 1 spiro atoms. The zero-order chi connectivity index (χ0) is 23.0. The van der Waals surface area contributed by atoms with Crippen molar-refractivity contribution >= 4 is 11.9 Å². The summed E-state index contributed by atoms with van der Waals surface area (Å²) >= 11 is 0. The zero-order valence-electron chi connectivity index (χ0n) is 19.3. The summed E-state index contributed by atoms with van der Waals surface area (Å²) < 4.78 is 19.2. The smallest absolute Gasteiger partial charge is 0.409 e. The average Bonchev–Trinajstić information content (AvgIpc) is 3.25. The van der Waals surface area contributed by atoms with Gasteiger partial charge in [0.1, 0.15) is 5.82 Å². The maximum absolute atomic E-state index is 14.1. The standard InChI is InChI=1S/C24H31FN6O2/c1-3-33-23(32)31-15-24(16-31)9-8-18(14-24)29-10-12-30(13-11-29)22-19(5-7-21(25)26-22)20-6-4-17(2)27-28-20/h4-7,18H,3,8-16H2,1-2H3/t18-/m1/s1. The third-order valence-corrected chi connectivity index (χ3v) is 7.30. The number of aromatic nitrogens is 3. The molecule has 3 fully saturated rings. The minimum atomic E-state index is -0.481. The Kier molecular flexibility index (Phi) is 5.90. The molecule has 0 N–H and O–H groups in total. The van der Waals surface area contributed by atoms with Gasteiger partial charge in [-0.2, -0.15) is 14.6 Å². The van der Waals surface area contributed by atoms with Gasteiger partial charge in [-0.1, -0.05) is 0 Å². The Morgan fingerprint density at radius 2 is 1.94 bits per heavy atom. The summed E-state index contributed by atoms with van der Waals surface area (Å²) in [4.78, 5) is 22.7. The molecule has 0 bridgehead atoms. The fraction of sp³-hybridized carbons (Fsp3) is 0.583. The fourth-order valence-electron chi connectivity index (χ4n) is 5.59. The van der Waals surface area contributed by atoms with E-state index in [-0.39, 0.29) is 11.5 Å². The van der Waals surface area contributed by atoms with Crippen LogP contribution in [0.15, 0.2) is 24.3 Å². The predicted octanol–water partition coefficient (Wildman–Crippen LogP) is 3.12. The minimum absolute atomic E-state index is 0.183. The first-order valence-electron chi connectivity index (χ1n) is 11.8. The lowest BCUT2D eigenvalue weighted by atomic mass is 9.78. The molecule has 33 heavy (non-hydrogen) atoms. The molecule has 0 unspecified atom stereocenters. The molecule has 5 rings (SSSR count). The van der Waals surface area contributed by atoms with Crippen LogP contribution >= 0.6 is 0 Å². The van der Waals surface area contributed by atoms with Gasteiger partial charge >= 0.3 is 6.09 Å². The molecule has 4 heterocycles.